The molecule has 5 heteroatoms. The van der Waals surface area contributed by atoms with Gasteiger partial charge in [-0.1, -0.05) is 6.07 Å². The van der Waals surface area contributed by atoms with Gasteiger partial charge in [0.25, 0.3) is 5.69 Å². The van der Waals surface area contributed by atoms with Gasteiger partial charge in [-0.2, -0.15) is 0 Å². The molecule has 1 aromatic heterocycles. The van der Waals surface area contributed by atoms with Crippen LogP contribution in [-0.2, 0) is 6.42 Å². The third-order valence-electron chi connectivity index (χ3n) is 2.71. The normalized spacial score (nSPS) is 10.3. The maximum atomic E-state index is 10.5. The topological polar surface area (TPSA) is 52.4 Å². The molecule has 0 atom stereocenters. The van der Waals surface area contributed by atoms with Gasteiger partial charge in [-0.15, -0.1) is 11.3 Å². The highest BCUT2D eigenvalue weighted by atomic mass is 32.1. The van der Waals surface area contributed by atoms with E-state index >= 15 is 0 Å². The smallest absolute Gasteiger partial charge is 0.269 e. The van der Waals surface area contributed by atoms with Crippen molar-refractivity contribution in [3.05, 3.63) is 56.8 Å². The lowest BCUT2D eigenvalue weighted by Crippen LogP contribution is -1.98. The largest absolute Gasteiger partial charge is 0.494 e. The summed E-state index contributed by atoms with van der Waals surface area (Å²) in [7, 11) is 0. The number of aryl methyl sites for hydroxylation is 1. The first-order chi connectivity index (χ1) is 9.25. The van der Waals surface area contributed by atoms with Gasteiger partial charge in [-0.25, -0.2) is 0 Å². The second-order valence-electron chi connectivity index (χ2n) is 4.14. The van der Waals surface area contributed by atoms with Crippen LogP contribution in [0.25, 0.3) is 0 Å². The van der Waals surface area contributed by atoms with E-state index in [2.05, 4.69) is 17.5 Å². The molecule has 0 fully saturated rings. The molecule has 0 N–H and O–H groups in total. The molecule has 0 saturated carbocycles. The van der Waals surface area contributed by atoms with Crippen LogP contribution < -0.4 is 4.74 Å². The molecule has 0 unspecified atom stereocenters. The molecule has 1 aromatic carbocycles. The second kappa shape index (κ2) is 6.89. The van der Waals surface area contributed by atoms with E-state index in [1.54, 1.807) is 23.5 Å². The summed E-state index contributed by atoms with van der Waals surface area (Å²) in [5.74, 6) is 0.682. The Morgan fingerprint density at radius 2 is 1.95 bits per heavy atom. The molecule has 2 aromatic rings. The fraction of sp³-hybridized carbons (Fsp3) is 0.286. The first-order valence-corrected chi connectivity index (χ1v) is 7.03. The molecule has 0 amide bonds. The number of hydrogen-bond acceptors (Lipinski definition) is 4. The molecule has 0 aliphatic carbocycles. The van der Waals surface area contributed by atoms with E-state index in [4.69, 9.17) is 4.74 Å². The lowest BCUT2D eigenvalue weighted by Gasteiger charge is -2.05. The maximum Gasteiger partial charge on any atom is 0.269 e. The average Bonchev–Trinajstić information content (AvgIpc) is 2.92. The van der Waals surface area contributed by atoms with Crippen molar-refractivity contribution in [3.8, 4) is 5.75 Å². The van der Waals surface area contributed by atoms with E-state index < -0.39 is 4.92 Å². The van der Waals surface area contributed by atoms with Gasteiger partial charge in [0, 0.05) is 17.0 Å². The number of thiophene rings is 1. The number of non-ortho nitro benzene ring substituents is 1. The minimum Gasteiger partial charge on any atom is -0.494 e. The predicted octanol–water partition coefficient (Wildman–Crippen LogP) is 4.06. The molecule has 19 heavy (non-hydrogen) atoms. The number of nitrogens with zero attached hydrogens (tertiary/aromatic N) is 1. The molecule has 0 saturated heterocycles. The van der Waals surface area contributed by atoms with Crippen LogP contribution in [0.15, 0.2) is 41.8 Å². The van der Waals surface area contributed by atoms with Crippen LogP contribution in [0.3, 0.4) is 0 Å². The number of rotatable bonds is 7. The SMILES string of the molecule is O=[N+]([O-])c1ccc(OCCCCc2cccs2)cc1. The standard InChI is InChI=1S/C14H15NO3S/c16-15(17)12-6-8-13(9-7-12)18-10-2-1-4-14-5-3-11-19-14/h3,5-9,11H,1-2,4,10H2. The molecular formula is C14H15NO3S. The summed E-state index contributed by atoms with van der Waals surface area (Å²) in [6.07, 6.45) is 3.16. The van der Waals surface area contributed by atoms with Crippen molar-refractivity contribution in [2.24, 2.45) is 0 Å². The quantitative estimate of drug-likeness (QED) is 0.435. The summed E-state index contributed by atoms with van der Waals surface area (Å²) >= 11 is 1.78. The van der Waals surface area contributed by atoms with Crippen molar-refractivity contribution in [3.63, 3.8) is 0 Å². The lowest BCUT2D eigenvalue weighted by molar-refractivity contribution is -0.384. The Kier molecular flexibility index (Phi) is 4.92. The van der Waals surface area contributed by atoms with Crippen LogP contribution in [-0.4, -0.2) is 11.5 Å². The van der Waals surface area contributed by atoms with Gasteiger partial charge in [0.1, 0.15) is 5.75 Å². The molecule has 1 heterocycles. The maximum absolute atomic E-state index is 10.5. The highest BCUT2D eigenvalue weighted by molar-refractivity contribution is 7.09. The third-order valence-corrected chi connectivity index (χ3v) is 3.65. The first kappa shape index (κ1) is 13.5. The van der Waals surface area contributed by atoms with E-state index in [1.807, 2.05) is 0 Å². The highest BCUT2D eigenvalue weighted by Gasteiger charge is 2.04. The van der Waals surface area contributed by atoms with Gasteiger partial charge >= 0.3 is 0 Å². The molecule has 100 valence electrons. The average molecular weight is 277 g/mol. The Morgan fingerprint density at radius 3 is 2.58 bits per heavy atom. The van der Waals surface area contributed by atoms with Crippen LogP contribution in [0.1, 0.15) is 17.7 Å². The van der Waals surface area contributed by atoms with E-state index in [-0.39, 0.29) is 5.69 Å². The van der Waals surface area contributed by atoms with Crippen LogP contribution in [0.2, 0.25) is 0 Å². The summed E-state index contributed by atoms with van der Waals surface area (Å²) in [5.41, 5.74) is 0.0880. The summed E-state index contributed by atoms with van der Waals surface area (Å²) in [4.78, 5) is 11.5. The minimum absolute atomic E-state index is 0.0880. The van der Waals surface area contributed by atoms with Gasteiger partial charge in [0.05, 0.1) is 11.5 Å². The molecule has 0 aliphatic rings. The number of unbranched alkanes of at least 4 members (excludes halogenated alkanes) is 1. The number of benzene rings is 1. The molecular weight excluding hydrogens is 262 g/mol. The predicted molar refractivity (Wildman–Crippen MR) is 75.8 cm³/mol. The molecule has 2 rings (SSSR count). The fourth-order valence-electron chi connectivity index (χ4n) is 1.71. The molecule has 4 nitrogen and oxygen atoms in total. The Hall–Kier alpha value is -1.88. The monoisotopic (exact) mass is 277 g/mol. The zero-order valence-corrected chi connectivity index (χ0v) is 11.3. The molecule has 0 spiro atoms. The van der Waals surface area contributed by atoms with Gasteiger partial charge in [-0.05, 0) is 42.8 Å². The zero-order chi connectivity index (χ0) is 13.5. The molecule has 0 radical (unpaired) electrons. The molecule has 0 aliphatic heterocycles. The third kappa shape index (κ3) is 4.37. The van der Waals surface area contributed by atoms with E-state index in [0.717, 1.165) is 19.3 Å². The number of hydrogen-bond donors (Lipinski definition) is 0. The van der Waals surface area contributed by atoms with E-state index in [1.165, 1.54) is 17.0 Å². The van der Waals surface area contributed by atoms with Gasteiger partial charge in [0.2, 0.25) is 0 Å². The van der Waals surface area contributed by atoms with Crippen molar-refractivity contribution in [1.29, 1.82) is 0 Å². The number of nitro groups is 1. The van der Waals surface area contributed by atoms with Crippen molar-refractivity contribution in [2.75, 3.05) is 6.61 Å². The van der Waals surface area contributed by atoms with E-state index in [0.29, 0.717) is 12.4 Å². The Morgan fingerprint density at radius 1 is 1.16 bits per heavy atom. The van der Waals surface area contributed by atoms with Crippen LogP contribution in [0, 0.1) is 10.1 Å². The van der Waals surface area contributed by atoms with Crippen LogP contribution >= 0.6 is 11.3 Å². The Balaban J connectivity index is 1.66. The van der Waals surface area contributed by atoms with Gasteiger partial charge in [0.15, 0.2) is 0 Å². The Labute approximate surface area is 115 Å². The zero-order valence-electron chi connectivity index (χ0n) is 10.5. The highest BCUT2D eigenvalue weighted by Crippen LogP contribution is 2.18. The van der Waals surface area contributed by atoms with Crippen molar-refractivity contribution < 1.29 is 9.66 Å². The Bertz CT molecular complexity index is 508. The summed E-state index contributed by atoms with van der Waals surface area (Å²) < 4.78 is 5.54. The summed E-state index contributed by atoms with van der Waals surface area (Å²) in [5, 5.41) is 12.6. The lowest BCUT2D eigenvalue weighted by atomic mass is 10.2. The molecule has 0 bridgehead atoms. The minimum atomic E-state index is -0.412. The van der Waals surface area contributed by atoms with Crippen molar-refractivity contribution in [1.82, 2.24) is 0 Å². The fourth-order valence-corrected chi connectivity index (χ4v) is 2.46. The van der Waals surface area contributed by atoms with Crippen LogP contribution in [0.5, 0.6) is 5.75 Å². The summed E-state index contributed by atoms with van der Waals surface area (Å²) in [6, 6.07) is 10.4. The summed E-state index contributed by atoms with van der Waals surface area (Å²) in [6.45, 7) is 0.642. The van der Waals surface area contributed by atoms with Crippen molar-refractivity contribution >= 4 is 17.0 Å². The van der Waals surface area contributed by atoms with Gasteiger partial charge < -0.3 is 4.74 Å². The number of ether oxygens (including phenoxy) is 1. The first-order valence-electron chi connectivity index (χ1n) is 6.15. The van der Waals surface area contributed by atoms with Crippen molar-refractivity contribution in [2.45, 2.75) is 19.3 Å². The van der Waals surface area contributed by atoms with Gasteiger partial charge in [-0.3, -0.25) is 10.1 Å². The number of nitro benzene ring substituents is 1. The van der Waals surface area contributed by atoms with E-state index in [9.17, 15) is 10.1 Å². The second-order valence-corrected chi connectivity index (χ2v) is 5.17. The van der Waals surface area contributed by atoms with Crippen LogP contribution in [0.4, 0.5) is 5.69 Å².